The van der Waals surface area contributed by atoms with Crippen LogP contribution in [0.3, 0.4) is 0 Å². The highest BCUT2D eigenvalue weighted by Gasteiger charge is 2.53. The first-order valence-corrected chi connectivity index (χ1v) is 9.49. The number of ether oxygens (including phenoxy) is 1. The third-order valence-corrected chi connectivity index (χ3v) is 6.15. The van der Waals surface area contributed by atoms with Gasteiger partial charge in [0.15, 0.2) is 5.96 Å². The number of hydrogen-bond donors (Lipinski definition) is 1. The maximum Gasteiger partial charge on any atom is 0.194 e. The van der Waals surface area contributed by atoms with Gasteiger partial charge >= 0.3 is 0 Å². The van der Waals surface area contributed by atoms with Gasteiger partial charge < -0.3 is 15.0 Å². The highest BCUT2D eigenvalue weighted by Crippen LogP contribution is 2.46. The molecule has 2 heterocycles. The summed E-state index contributed by atoms with van der Waals surface area (Å²) in [4.78, 5) is 9.55. The normalized spacial score (nSPS) is 24.5. The molecule has 1 unspecified atom stereocenters. The number of rotatable bonds is 5. The summed E-state index contributed by atoms with van der Waals surface area (Å²) < 4.78 is 5.52. The number of aliphatic imine (C=N–C) groups is 1. The van der Waals surface area contributed by atoms with E-state index in [9.17, 15) is 0 Å². The molecule has 25 heavy (non-hydrogen) atoms. The fraction of sp³-hybridized carbons (Fsp3) is 0.947. The van der Waals surface area contributed by atoms with Gasteiger partial charge in [0.1, 0.15) is 0 Å². The molecular weight excluding hydrogens is 427 g/mol. The number of guanidine groups is 1. The Morgan fingerprint density at radius 2 is 1.76 bits per heavy atom. The van der Waals surface area contributed by atoms with Crippen LogP contribution < -0.4 is 5.32 Å². The predicted octanol–water partition coefficient (Wildman–Crippen LogP) is 3.05. The smallest absolute Gasteiger partial charge is 0.194 e. The monoisotopic (exact) mass is 466 g/mol. The lowest BCUT2D eigenvalue weighted by atomic mass is 9.65. The minimum absolute atomic E-state index is 0. The minimum Gasteiger partial charge on any atom is -0.379 e. The molecule has 0 amide bonds. The molecule has 0 aromatic rings. The SMILES string of the molecule is CN=C(NCC(CC(C)C)N1CCOCC1)N1CC(C)(C)C1(C)C.I. The molecule has 1 atom stereocenters. The first kappa shape index (κ1) is 23.0. The Labute approximate surface area is 172 Å². The van der Waals surface area contributed by atoms with Gasteiger partial charge in [-0.2, -0.15) is 0 Å². The van der Waals surface area contributed by atoms with E-state index in [-0.39, 0.29) is 29.5 Å². The van der Waals surface area contributed by atoms with Gasteiger partial charge in [-0.3, -0.25) is 9.89 Å². The molecule has 6 heteroatoms. The van der Waals surface area contributed by atoms with Gasteiger partial charge in [0, 0.05) is 50.2 Å². The molecule has 2 saturated heterocycles. The summed E-state index contributed by atoms with van der Waals surface area (Å²) in [6.45, 7) is 19.7. The van der Waals surface area contributed by atoms with Gasteiger partial charge in [-0.25, -0.2) is 0 Å². The van der Waals surface area contributed by atoms with Crippen molar-refractivity contribution in [2.75, 3.05) is 46.4 Å². The van der Waals surface area contributed by atoms with Crippen molar-refractivity contribution in [2.45, 2.75) is 59.5 Å². The Balaban J connectivity index is 0.00000312. The van der Waals surface area contributed by atoms with Crippen LogP contribution in [0.25, 0.3) is 0 Å². The maximum absolute atomic E-state index is 5.52. The molecule has 0 saturated carbocycles. The molecule has 148 valence electrons. The molecule has 0 aromatic heterocycles. The van der Waals surface area contributed by atoms with Crippen LogP contribution in [0.1, 0.15) is 48.0 Å². The summed E-state index contributed by atoms with van der Waals surface area (Å²) in [6, 6.07) is 0.544. The fourth-order valence-corrected chi connectivity index (χ4v) is 3.75. The van der Waals surface area contributed by atoms with Crippen LogP contribution in [0.15, 0.2) is 4.99 Å². The highest BCUT2D eigenvalue weighted by molar-refractivity contribution is 14.0. The number of hydrogen-bond acceptors (Lipinski definition) is 3. The molecule has 2 aliphatic rings. The van der Waals surface area contributed by atoms with E-state index < -0.39 is 0 Å². The Hall–Kier alpha value is -0.0800. The van der Waals surface area contributed by atoms with Crippen molar-refractivity contribution >= 4 is 29.9 Å². The van der Waals surface area contributed by atoms with E-state index >= 15 is 0 Å². The first-order chi connectivity index (χ1) is 11.2. The summed E-state index contributed by atoms with van der Waals surface area (Å²) in [5.41, 5.74) is 0.466. The molecule has 1 N–H and O–H groups in total. The first-order valence-electron chi connectivity index (χ1n) is 9.49. The van der Waals surface area contributed by atoms with Crippen molar-refractivity contribution in [3.63, 3.8) is 0 Å². The van der Waals surface area contributed by atoms with Crippen LogP contribution in [0.5, 0.6) is 0 Å². The molecule has 0 radical (unpaired) electrons. The van der Waals surface area contributed by atoms with Crippen LogP contribution in [0.4, 0.5) is 0 Å². The van der Waals surface area contributed by atoms with Gasteiger partial charge in [-0.1, -0.05) is 27.7 Å². The van der Waals surface area contributed by atoms with Crippen molar-refractivity contribution < 1.29 is 4.74 Å². The Morgan fingerprint density at radius 3 is 2.20 bits per heavy atom. The lowest BCUT2D eigenvalue weighted by Gasteiger charge is -2.62. The summed E-state index contributed by atoms with van der Waals surface area (Å²) in [5.74, 6) is 1.74. The van der Waals surface area contributed by atoms with Crippen molar-refractivity contribution in [3.05, 3.63) is 0 Å². The predicted molar refractivity (Wildman–Crippen MR) is 117 cm³/mol. The minimum atomic E-state index is 0. The second kappa shape index (κ2) is 9.22. The molecule has 5 nitrogen and oxygen atoms in total. The van der Waals surface area contributed by atoms with Gasteiger partial charge in [0.05, 0.1) is 13.2 Å². The van der Waals surface area contributed by atoms with E-state index in [0.29, 0.717) is 17.4 Å². The second-order valence-corrected chi connectivity index (χ2v) is 8.89. The van der Waals surface area contributed by atoms with E-state index in [1.165, 1.54) is 6.42 Å². The van der Waals surface area contributed by atoms with Gasteiger partial charge in [0.2, 0.25) is 0 Å². The van der Waals surface area contributed by atoms with E-state index in [4.69, 9.17) is 4.74 Å². The number of nitrogens with one attached hydrogen (secondary N) is 1. The number of nitrogens with zero attached hydrogens (tertiary/aromatic N) is 3. The van der Waals surface area contributed by atoms with E-state index in [2.05, 4.69) is 61.7 Å². The van der Waals surface area contributed by atoms with Crippen LogP contribution >= 0.6 is 24.0 Å². The molecule has 2 rings (SSSR count). The number of morpholine rings is 1. The van der Waals surface area contributed by atoms with Crippen molar-refractivity contribution in [1.82, 2.24) is 15.1 Å². The third kappa shape index (κ3) is 5.22. The summed E-state index contributed by atoms with van der Waals surface area (Å²) in [5, 5.41) is 3.66. The molecule has 2 aliphatic heterocycles. The highest BCUT2D eigenvalue weighted by atomic mass is 127. The molecule has 0 aromatic carbocycles. The second-order valence-electron chi connectivity index (χ2n) is 8.89. The molecule has 2 fully saturated rings. The van der Waals surface area contributed by atoms with Gasteiger partial charge in [-0.15, -0.1) is 24.0 Å². The summed E-state index contributed by atoms with van der Waals surface area (Å²) in [7, 11) is 1.90. The Kier molecular flexibility index (Phi) is 8.47. The fourth-order valence-electron chi connectivity index (χ4n) is 3.75. The maximum atomic E-state index is 5.52. The quantitative estimate of drug-likeness (QED) is 0.384. The largest absolute Gasteiger partial charge is 0.379 e. The average Bonchev–Trinajstić information content (AvgIpc) is 2.53. The third-order valence-electron chi connectivity index (χ3n) is 6.15. The topological polar surface area (TPSA) is 40.1 Å². The lowest BCUT2D eigenvalue weighted by Crippen LogP contribution is -2.72. The van der Waals surface area contributed by atoms with Gasteiger partial charge in [0.25, 0.3) is 0 Å². The van der Waals surface area contributed by atoms with Crippen LogP contribution in [0.2, 0.25) is 0 Å². The number of likely N-dealkylation sites (tertiary alicyclic amines) is 1. The molecule has 0 bridgehead atoms. The van der Waals surface area contributed by atoms with Gasteiger partial charge in [-0.05, 0) is 26.2 Å². The molecular formula is C19H39IN4O. The zero-order chi connectivity index (χ0) is 18.0. The van der Waals surface area contributed by atoms with Crippen molar-refractivity contribution in [3.8, 4) is 0 Å². The number of halogens is 1. The summed E-state index contributed by atoms with van der Waals surface area (Å²) >= 11 is 0. The standard InChI is InChI=1S/C19H38N4O.HI/c1-15(2)12-16(22-8-10-24-11-9-22)13-21-17(20-7)23-14-18(3,4)19(23,5)6;/h15-16H,8-14H2,1-7H3,(H,20,21);1H. The zero-order valence-electron chi connectivity index (χ0n) is 17.3. The van der Waals surface area contributed by atoms with Crippen LogP contribution in [0, 0.1) is 11.3 Å². The molecule has 0 spiro atoms. The Bertz CT molecular complexity index is 445. The lowest BCUT2D eigenvalue weighted by molar-refractivity contribution is -0.0671. The van der Waals surface area contributed by atoms with Crippen molar-refractivity contribution in [2.24, 2.45) is 16.3 Å². The van der Waals surface area contributed by atoms with E-state index in [1.54, 1.807) is 0 Å². The molecule has 0 aliphatic carbocycles. The Morgan fingerprint density at radius 1 is 1.16 bits per heavy atom. The summed E-state index contributed by atoms with van der Waals surface area (Å²) in [6.07, 6.45) is 1.21. The van der Waals surface area contributed by atoms with Crippen molar-refractivity contribution in [1.29, 1.82) is 0 Å². The average molecular weight is 466 g/mol. The van der Waals surface area contributed by atoms with Crippen LogP contribution in [-0.2, 0) is 4.74 Å². The zero-order valence-corrected chi connectivity index (χ0v) is 19.6. The van der Waals surface area contributed by atoms with E-state index in [0.717, 1.165) is 45.4 Å². The van der Waals surface area contributed by atoms with Crippen LogP contribution in [-0.4, -0.2) is 73.8 Å². The van der Waals surface area contributed by atoms with E-state index in [1.807, 2.05) is 7.05 Å².